The summed E-state index contributed by atoms with van der Waals surface area (Å²) in [4.78, 5) is 11.9. The molecular formula is C23H19NO3S. The molecular weight excluding hydrogens is 370 g/mol. The van der Waals surface area contributed by atoms with E-state index in [9.17, 15) is 13.2 Å². The average molecular weight is 389 g/mol. The van der Waals surface area contributed by atoms with E-state index in [2.05, 4.69) is 0 Å². The molecule has 0 saturated heterocycles. The van der Waals surface area contributed by atoms with E-state index in [1.807, 2.05) is 53.9 Å². The van der Waals surface area contributed by atoms with E-state index in [-0.39, 0.29) is 10.6 Å². The number of aldehydes is 1. The van der Waals surface area contributed by atoms with Crippen molar-refractivity contribution in [2.45, 2.75) is 17.6 Å². The van der Waals surface area contributed by atoms with E-state index >= 15 is 0 Å². The van der Waals surface area contributed by atoms with Crippen LogP contribution in [-0.4, -0.2) is 19.1 Å². The van der Waals surface area contributed by atoms with E-state index in [0.29, 0.717) is 5.69 Å². The van der Waals surface area contributed by atoms with Crippen molar-refractivity contribution in [3.8, 4) is 11.1 Å². The molecule has 140 valence electrons. The first kappa shape index (κ1) is 18.2. The van der Waals surface area contributed by atoms with Gasteiger partial charge >= 0.3 is 0 Å². The second kappa shape index (κ2) is 7.09. The Hall–Kier alpha value is -3.18. The van der Waals surface area contributed by atoms with Crippen LogP contribution in [-0.2, 0) is 15.6 Å². The molecule has 0 atom stereocenters. The Labute approximate surface area is 164 Å². The molecule has 0 unspecified atom stereocenters. The fourth-order valence-corrected chi connectivity index (χ4v) is 4.73. The molecule has 0 aliphatic heterocycles. The highest BCUT2D eigenvalue weighted by atomic mass is 32.2. The lowest BCUT2D eigenvalue weighted by Gasteiger charge is -2.06. The molecule has 2 aromatic carbocycles. The number of rotatable bonds is 5. The van der Waals surface area contributed by atoms with Crippen LogP contribution in [0.2, 0.25) is 0 Å². The van der Waals surface area contributed by atoms with Gasteiger partial charge in [0.1, 0.15) is 0 Å². The van der Waals surface area contributed by atoms with Gasteiger partial charge in [0, 0.05) is 17.3 Å². The Bertz CT molecular complexity index is 1250. The lowest BCUT2D eigenvalue weighted by atomic mass is 10.1. The first-order valence-corrected chi connectivity index (χ1v) is 10.6. The topological polar surface area (TPSA) is 55.6 Å². The van der Waals surface area contributed by atoms with Crippen molar-refractivity contribution in [1.82, 2.24) is 4.40 Å². The molecule has 0 amide bonds. The van der Waals surface area contributed by atoms with E-state index < -0.39 is 9.84 Å². The molecule has 5 heteroatoms. The summed E-state index contributed by atoms with van der Waals surface area (Å²) in [6, 6.07) is 21.8. The maximum Gasteiger partial charge on any atom is 0.182 e. The van der Waals surface area contributed by atoms with Gasteiger partial charge in [0.25, 0.3) is 0 Å². The Balaban J connectivity index is 1.70. The van der Waals surface area contributed by atoms with Crippen LogP contribution in [0.25, 0.3) is 16.6 Å². The second-order valence-corrected chi connectivity index (χ2v) is 8.82. The van der Waals surface area contributed by atoms with Crippen molar-refractivity contribution in [2.75, 3.05) is 0 Å². The van der Waals surface area contributed by atoms with Crippen LogP contribution >= 0.6 is 0 Å². The zero-order valence-electron chi connectivity index (χ0n) is 15.4. The number of hydrogen-bond acceptors (Lipinski definition) is 3. The Morgan fingerprint density at radius 3 is 2.32 bits per heavy atom. The third-order valence-corrected chi connectivity index (χ3v) is 6.51. The number of sulfone groups is 1. The van der Waals surface area contributed by atoms with E-state index in [1.54, 1.807) is 36.4 Å². The van der Waals surface area contributed by atoms with Gasteiger partial charge in [-0.25, -0.2) is 8.42 Å². The minimum Gasteiger partial charge on any atom is -0.314 e. The summed E-state index contributed by atoms with van der Waals surface area (Å²) < 4.78 is 27.2. The molecule has 28 heavy (non-hydrogen) atoms. The highest BCUT2D eigenvalue weighted by Gasteiger charge is 2.17. The lowest BCUT2D eigenvalue weighted by molar-refractivity contribution is 0.111. The molecule has 4 rings (SSSR count). The van der Waals surface area contributed by atoms with Crippen molar-refractivity contribution in [1.29, 1.82) is 0 Å². The van der Waals surface area contributed by atoms with Crippen molar-refractivity contribution in [3.05, 3.63) is 95.8 Å². The van der Waals surface area contributed by atoms with Crippen LogP contribution in [0.15, 0.2) is 83.9 Å². The summed E-state index contributed by atoms with van der Waals surface area (Å²) in [5.41, 5.74) is 4.93. The van der Waals surface area contributed by atoms with E-state index in [4.69, 9.17) is 0 Å². The number of carbonyl (C=O) groups excluding carboxylic acids is 1. The summed E-state index contributed by atoms with van der Waals surface area (Å²) >= 11 is 0. The predicted molar refractivity (Wildman–Crippen MR) is 110 cm³/mol. The van der Waals surface area contributed by atoms with Crippen molar-refractivity contribution < 1.29 is 13.2 Å². The maximum atomic E-state index is 12.7. The largest absolute Gasteiger partial charge is 0.314 e. The molecule has 0 aliphatic rings. The average Bonchev–Trinajstić information content (AvgIpc) is 3.06. The quantitative estimate of drug-likeness (QED) is 0.465. The third-order valence-electron chi connectivity index (χ3n) is 4.80. The lowest BCUT2D eigenvalue weighted by Crippen LogP contribution is -2.04. The highest BCUT2D eigenvalue weighted by Crippen LogP contribution is 2.29. The Morgan fingerprint density at radius 2 is 1.64 bits per heavy atom. The summed E-state index contributed by atoms with van der Waals surface area (Å²) in [5.74, 6) is -0.0395. The Kier molecular flexibility index (Phi) is 4.61. The summed E-state index contributed by atoms with van der Waals surface area (Å²) in [6.07, 6.45) is 2.70. The van der Waals surface area contributed by atoms with Crippen LogP contribution in [0.5, 0.6) is 0 Å². The van der Waals surface area contributed by atoms with Crippen molar-refractivity contribution in [2.24, 2.45) is 0 Å². The van der Waals surface area contributed by atoms with Crippen molar-refractivity contribution in [3.63, 3.8) is 0 Å². The highest BCUT2D eigenvalue weighted by molar-refractivity contribution is 7.90. The normalized spacial score (nSPS) is 11.6. The predicted octanol–water partition coefficient (Wildman–Crippen LogP) is 4.70. The van der Waals surface area contributed by atoms with Crippen LogP contribution < -0.4 is 0 Å². The van der Waals surface area contributed by atoms with Gasteiger partial charge in [-0.15, -0.1) is 0 Å². The molecule has 0 N–H and O–H groups in total. The van der Waals surface area contributed by atoms with Crippen LogP contribution in [0.4, 0.5) is 0 Å². The smallest absolute Gasteiger partial charge is 0.182 e. The zero-order chi connectivity index (χ0) is 19.7. The number of benzene rings is 2. The van der Waals surface area contributed by atoms with Crippen molar-refractivity contribution >= 4 is 21.6 Å². The number of carbonyl (C=O) groups is 1. The number of pyridine rings is 1. The number of nitrogens with zero attached hydrogens (tertiary/aromatic N) is 1. The zero-order valence-corrected chi connectivity index (χ0v) is 16.2. The number of fused-ring (bicyclic) bond motifs is 1. The summed E-state index contributed by atoms with van der Waals surface area (Å²) in [6.45, 7) is 2.00. The van der Waals surface area contributed by atoms with Crippen LogP contribution in [0, 0.1) is 6.92 Å². The van der Waals surface area contributed by atoms with Gasteiger partial charge < -0.3 is 4.40 Å². The summed E-state index contributed by atoms with van der Waals surface area (Å²) in [7, 11) is -3.43. The maximum absolute atomic E-state index is 12.7. The van der Waals surface area contributed by atoms with Crippen LogP contribution in [0.3, 0.4) is 0 Å². The molecule has 2 aromatic heterocycles. The van der Waals surface area contributed by atoms with Gasteiger partial charge in [-0.3, -0.25) is 4.79 Å². The van der Waals surface area contributed by atoms with Gasteiger partial charge in [-0.1, -0.05) is 42.5 Å². The minimum absolute atomic E-state index is 0.0395. The minimum atomic E-state index is -3.43. The molecule has 0 saturated carbocycles. The molecule has 4 aromatic rings. The molecule has 0 radical (unpaired) electrons. The molecule has 0 aliphatic carbocycles. The first-order chi connectivity index (χ1) is 13.5. The fourth-order valence-electron chi connectivity index (χ4n) is 3.38. The SMILES string of the molecule is Cc1ccn2c(C=O)c(-c3ccc(S(=O)(=O)Cc4ccccc4)cc3)cc2c1. The molecule has 0 bridgehead atoms. The van der Waals surface area contributed by atoms with Gasteiger partial charge in [0.15, 0.2) is 16.1 Å². The van der Waals surface area contributed by atoms with E-state index in [1.165, 1.54) is 0 Å². The standard InChI is InChI=1S/C23H19NO3S/c1-17-11-12-24-20(13-17)14-22(23(24)15-25)19-7-9-21(10-8-19)28(26,27)16-18-5-3-2-4-6-18/h2-15H,16H2,1H3. The number of aromatic nitrogens is 1. The molecule has 0 spiro atoms. The monoisotopic (exact) mass is 389 g/mol. The number of aryl methyl sites for hydroxylation is 1. The molecule has 2 heterocycles. The fraction of sp³-hybridized carbons (Fsp3) is 0.0870. The van der Waals surface area contributed by atoms with Gasteiger partial charge in [0.05, 0.1) is 16.3 Å². The molecule has 4 nitrogen and oxygen atoms in total. The van der Waals surface area contributed by atoms with E-state index in [0.717, 1.165) is 34.1 Å². The van der Waals surface area contributed by atoms with Crippen LogP contribution in [0.1, 0.15) is 21.6 Å². The third kappa shape index (κ3) is 3.37. The molecule has 0 fully saturated rings. The second-order valence-electron chi connectivity index (χ2n) is 6.83. The van der Waals surface area contributed by atoms with Gasteiger partial charge in [0.2, 0.25) is 0 Å². The Morgan fingerprint density at radius 1 is 0.929 bits per heavy atom. The van der Waals surface area contributed by atoms with Gasteiger partial charge in [-0.2, -0.15) is 0 Å². The number of hydrogen-bond donors (Lipinski definition) is 0. The summed E-state index contributed by atoms with van der Waals surface area (Å²) in [5, 5.41) is 0. The first-order valence-electron chi connectivity index (χ1n) is 8.92. The van der Waals surface area contributed by atoms with Gasteiger partial charge in [-0.05, 0) is 53.9 Å².